The Kier molecular flexibility index (Phi) is 5.02. The second-order valence-corrected chi connectivity index (χ2v) is 7.00. The first-order valence-corrected chi connectivity index (χ1v) is 8.14. The summed E-state index contributed by atoms with van der Waals surface area (Å²) in [6, 6.07) is 6.73. The molecule has 0 saturated carbocycles. The minimum absolute atomic E-state index is 0.0136. The predicted molar refractivity (Wildman–Crippen MR) is 91.7 cm³/mol. The molecule has 1 aromatic carbocycles. The lowest BCUT2D eigenvalue weighted by Crippen LogP contribution is -2.69. The molecule has 0 aromatic heterocycles. The topological polar surface area (TPSA) is 64.6 Å². The largest absolute Gasteiger partial charge is 0.469 e. The first-order valence-electron chi connectivity index (χ1n) is 8.14. The zero-order chi connectivity index (χ0) is 18.0. The summed E-state index contributed by atoms with van der Waals surface area (Å²) < 4.78 is 11.2. The lowest BCUT2D eigenvalue weighted by Gasteiger charge is -2.47. The molecule has 2 rings (SSSR count). The Morgan fingerprint density at radius 2 is 1.96 bits per heavy atom. The molecule has 0 radical (unpaired) electrons. The van der Waals surface area contributed by atoms with Gasteiger partial charge in [-0.25, -0.2) is 4.79 Å². The van der Waals surface area contributed by atoms with Gasteiger partial charge in [0.05, 0.1) is 5.56 Å². The van der Waals surface area contributed by atoms with Crippen LogP contribution in [0.2, 0.25) is 0 Å². The van der Waals surface area contributed by atoms with Crippen LogP contribution in [0.25, 0.3) is 0 Å². The number of hydrogen-bond donors (Lipinski definition) is 1. The van der Waals surface area contributed by atoms with E-state index in [9.17, 15) is 9.59 Å². The zero-order valence-corrected chi connectivity index (χ0v) is 14.7. The van der Waals surface area contributed by atoms with Gasteiger partial charge in [-0.15, -0.1) is 6.58 Å². The lowest BCUT2D eigenvalue weighted by atomic mass is 9.73. The van der Waals surface area contributed by atoms with Crippen molar-refractivity contribution in [2.75, 3.05) is 0 Å². The molecule has 1 aliphatic rings. The highest BCUT2D eigenvalue weighted by molar-refractivity contribution is 5.90. The van der Waals surface area contributed by atoms with Crippen LogP contribution < -0.4 is 10.1 Å². The number of ether oxygens (including phenoxy) is 2. The van der Waals surface area contributed by atoms with Gasteiger partial charge < -0.3 is 14.8 Å². The van der Waals surface area contributed by atoms with Gasteiger partial charge in [0.15, 0.2) is 6.23 Å². The summed E-state index contributed by atoms with van der Waals surface area (Å²) in [5, 5.41) is 2.79. The summed E-state index contributed by atoms with van der Waals surface area (Å²) >= 11 is 0. The minimum atomic E-state index is -0.564. The third-order valence-electron chi connectivity index (χ3n) is 4.10. The molecule has 1 N–H and O–H groups in total. The third-order valence-corrected chi connectivity index (χ3v) is 4.10. The van der Waals surface area contributed by atoms with Crippen molar-refractivity contribution >= 4 is 11.9 Å². The normalized spacial score (nSPS) is 23.0. The van der Waals surface area contributed by atoms with Crippen LogP contribution in [0.4, 0.5) is 0 Å². The van der Waals surface area contributed by atoms with Crippen molar-refractivity contribution in [1.82, 2.24) is 5.32 Å². The molecule has 5 nitrogen and oxygen atoms in total. The molecule has 0 aliphatic carbocycles. The standard InChI is InChI=1S/C19H25NO4/c1-6-12-19(7-2)16(22)20-17(19)23-14-10-8-13(9-11-14)15(21)24-18(3,4)5/h6,8-11,17H,1,7,12H2,2-5H3,(H,20,22)/t17-,19-/m0/s1. The Bertz CT molecular complexity index is 630. The second-order valence-electron chi connectivity index (χ2n) is 7.00. The van der Waals surface area contributed by atoms with Crippen molar-refractivity contribution in [3.8, 4) is 5.75 Å². The molecule has 0 spiro atoms. The van der Waals surface area contributed by atoms with Gasteiger partial charge >= 0.3 is 5.97 Å². The van der Waals surface area contributed by atoms with Crippen LogP contribution in [0, 0.1) is 5.41 Å². The molecule has 1 amide bonds. The van der Waals surface area contributed by atoms with Gasteiger partial charge in [0, 0.05) is 0 Å². The summed E-state index contributed by atoms with van der Waals surface area (Å²) in [5.74, 6) is 0.204. The molecule has 1 aliphatic heterocycles. The van der Waals surface area contributed by atoms with Crippen LogP contribution in [0.1, 0.15) is 50.9 Å². The predicted octanol–water partition coefficient (Wildman–Crippen LogP) is 3.45. The van der Waals surface area contributed by atoms with Gasteiger partial charge in [-0.2, -0.15) is 0 Å². The molecule has 1 heterocycles. The average molecular weight is 331 g/mol. The maximum absolute atomic E-state index is 12.0. The van der Waals surface area contributed by atoms with Crippen molar-refractivity contribution in [2.24, 2.45) is 5.41 Å². The van der Waals surface area contributed by atoms with Crippen molar-refractivity contribution in [1.29, 1.82) is 0 Å². The molecule has 1 fully saturated rings. The molecule has 1 saturated heterocycles. The van der Waals surface area contributed by atoms with E-state index in [1.54, 1.807) is 30.3 Å². The number of hydrogen-bond acceptors (Lipinski definition) is 4. The Hall–Kier alpha value is -2.30. The van der Waals surface area contributed by atoms with Crippen LogP contribution >= 0.6 is 0 Å². The maximum Gasteiger partial charge on any atom is 0.338 e. The summed E-state index contributed by atoms with van der Waals surface area (Å²) in [4.78, 5) is 24.0. The molecule has 24 heavy (non-hydrogen) atoms. The van der Waals surface area contributed by atoms with E-state index in [4.69, 9.17) is 9.47 Å². The SMILES string of the molecule is C=CC[C@@]1(CC)C(=O)N[C@H]1Oc1ccc(C(=O)OC(C)(C)C)cc1. The zero-order valence-electron chi connectivity index (χ0n) is 14.7. The quantitative estimate of drug-likeness (QED) is 0.493. The number of nitrogens with one attached hydrogen (secondary N) is 1. The molecule has 0 unspecified atom stereocenters. The number of benzene rings is 1. The third kappa shape index (κ3) is 3.61. The molecule has 130 valence electrons. The van der Waals surface area contributed by atoms with E-state index in [0.717, 1.165) is 0 Å². The van der Waals surface area contributed by atoms with E-state index in [-0.39, 0.29) is 18.1 Å². The van der Waals surface area contributed by atoms with Crippen LogP contribution in [0.5, 0.6) is 5.75 Å². The van der Waals surface area contributed by atoms with Crippen LogP contribution in [0.15, 0.2) is 36.9 Å². The highest BCUT2D eigenvalue weighted by atomic mass is 16.6. The summed E-state index contributed by atoms with van der Waals surface area (Å²) in [7, 11) is 0. The number of rotatable bonds is 6. The fourth-order valence-corrected chi connectivity index (χ4v) is 2.67. The number of amides is 1. The number of carbonyl (C=O) groups is 2. The minimum Gasteiger partial charge on any atom is -0.469 e. The highest BCUT2D eigenvalue weighted by Gasteiger charge is 2.54. The molecule has 1 aromatic rings. The van der Waals surface area contributed by atoms with E-state index < -0.39 is 11.0 Å². The fraction of sp³-hybridized carbons (Fsp3) is 0.474. The molecule has 5 heteroatoms. The van der Waals surface area contributed by atoms with E-state index in [0.29, 0.717) is 24.2 Å². The Morgan fingerprint density at radius 1 is 1.33 bits per heavy atom. The van der Waals surface area contributed by atoms with Crippen LogP contribution in [-0.2, 0) is 9.53 Å². The average Bonchev–Trinajstić information content (AvgIpc) is 2.51. The van der Waals surface area contributed by atoms with Crippen LogP contribution in [-0.4, -0.2) is 23.7 Å². The number of allylic oxidation sites excluding steroid dienone is 1. The summed E-state index contributed by atoms with van der Waals surface area (Å²) in [5.41, 5.74) is -0.637. The monoisotopic (exact) mass is 331 g/mol. The van der Waals surface area contributed by atoms with E-state index in [1.165, 1.54) is 0 Å². The molecular weight excluding hydrogens is 306 g/mol. The summed E-state index contributed by atoms with van der Waals surface area (Å²) in [6.45, 7) is 11.2. The smallest absolute Gasteiger partial charge is 0.338 e. The second kappa shape index (κ2) is 6.67. The summed E-state index contributed by atoms with van der Waals surface area (Å²) in [6.07, 6.45) is 2.59. The number of esters is 1. The van der Waals surface area contributed by atoms with Crippen molar-refractivity contribution in [3.05, 3.63) is 42.5 Å². The van der Waals surface area contributed by atoms with Gasteiger partial charge in [0.1, 0.15) is 16.8 Å². The highest BCUT2D eigenvalue weighted by Crippen LogP contribution is 2.39. The first-order chi connectivity index (χ1) is 11.2. The Balaban J connectivity index is 2.06. The van der Waals surface area contributed by atoms with Gasteiger partial charge in [0.25, 0.3) is 0 Å². The molecule has 0 bridgehead atoms. The van der Waals surface area contributed by atoms with E-state index in [2.05, 4.69) is 11.9 Å². The molecule has 2 atom stereocenters. The van der Waals surface area contributed by atoms with Crippen molar-refractivity contribution in [2.45, 2.75) is 52.4 Å². The fourth-order valence-electron chi connectivity index (χ4n) is 2.67. The lowest BCUT2D eigenvalue weighted by molar-refractivity contribution is -0.160. The van der Waals surface area contributed by atoms with Gasteiger partial charge in [0.2, 0.25) is 5.91 Å². The Morgan fingerprint density at radius 3 is 2.42 bits per heavy atom. The molecular formula is C19H25NO4. The van der Waals surface area contributed by atoms with E-state index in [1.807, 2.05) is 27.7 Å². The van der Waals surface area contributed by atoms with Crippen LogP contribution in [0.3, 0.4) is 0 Å². The number of β-lactam (4-membered cyclic amide) rings is 1. The van der Waals surface area contributed by atoms with Gasteiger partial charge in [-0.3, -0.25) is 4.79 Å². The number of carbonyl (C=O) groups excluding carboxylic acids is 2. The van der Waals surface area contributed by atoms with Gasteiger partial charge in [-0.05, 0) is 57.9 Å². The maximum atomic E-state index is 12.0. The van der Waals surface area contributed by atoms with E-state index >= 15 is 0 Å². The Labute approximate surface area is 143 Å². The first kappa shape index (κ1) is 18.0. The van der Waals surface area contributed by atoms with Crippen molar-refractivity contribution in [3.63, 3.8) is 0 Å². The van der Waals surface area contributed by atoms with Gasteiger partial charge in [-0.1, -0.05) is 13.0 Å². The van der Waals surface area contributed by atoms with Crippen molar-refractivity contribution < 1.29 is 19.1 Å².